The van der Waals surface area contributed by atoms with Crippen molar-refractivity contribution in [2.24, 2.45) is 5.92 Å². The lowest BCUT2D eigenvalue weighted by Gasteiger charge is -2.14. The number of rotatable bonds is 5. The molecule has 3 heteroatoms. The molecule has 1 N–H and O–H groups in total. The first kappa shape index (κ1) is 14.4. The molecular formula is C16H16BrClO. The van der Waals surface area contributed by atoms with Gasteiger partial charge < -0.3 is 5.11 Å². The minimum atomic E-state index is 0.314. The number of alkyl halides is 1. The third-order valence-electron chi connectivity index (χ3n) is 3.09. The molecule has 0 aliphatic heterocycles. The first-order chi connectivity index (χ1) is 9.17. The lowest BCUT2D eigenvalue weighted by Crippen LogP contribution is -2.09. The second-order valence-corrected chi connectivity index (χ2v) is 5.81. The molecule has 2 aromatic carbocycles. The molecule has 0 saturated heterocycles. The van der Waals surface area contributed by atoms with Crippen molar-refractivity contribution in [3.8, 4) is 5.75 Å². The summed E-state index contributed by atoms with van der Waals surface area (Å²) < 4.78 is 0. The Morgan fingerprint density at radius 2 is 1.68 bits per heavy atom. The molecule has 0 fully saturated rings. The van der Waals surface area contributed by atoms with Gasteiger partial charge in [-0.2, -0.15) is 0 Å². The van der Waals surface area contributed by atoms with Crippen LogP contribution in [0.5, 0.6) is 5.75 Å². The van der Waals surface area contributed by atoms with Crippen molar-refractivity contribution in [3.63, 3.8) is 0 Å². The standard InChI is InChI=1S/C16H16BrClO/c17-11-14(8-12-4-6-16(19)7-5-12)9-13-2-1-3-15(18)10-13/h1-7,10,14,19H,8-9,11H2. The average molecular weight is 340 g/mol. The highest BCUT2D eigenvalue weighted by molar-refractivity contribution is 9.09. The van der Waals surface area contributed by atoms with Crippen LogP contribution >= 0.6 is 27.5 Å². The predicted octanol–water partition coefficient (Wildman–Crippen LogP) is 4.84. The molecule has 1 unspecified atom stereocenters. The zero-order valence-electron chi connectivity index (χ0n) is 10.5. The molecule has 0 saturated carbocycles. The van der Waals surface area contributed by atoms with Gasteiger partial charge in [0.25, 0.3) is 0 Å². The molecule has 19 heavy (non-hydrogen) atoms. The summed E-state index contributed by atoms with van der Waals surface area (Å²) in [5.74, 6) is 0.831. The monoisotopic (exact) mass is 338 g/mol. The summed E-state index contributed by atoms with van der Waals surface area (Å²) in [6.45, 7) is 0. The smallest absolute Gasteiger partial charge is 0.115 e. The number of phenols is 1. The van der Waals surface area contributed by atoms with E-state index in [1.54, 1.807) is 12.1 Å². The maximum absolute atomic E-state index is 9.29. The number of benzene rings is 2. The molecule has 0 aliphatic rings. The van der Waals surface area contributed by atoms with Gasteiger partial charge in [-0.3, -0.25) is 0 Å². The summed E-state index contributed by atoms with van der Waals surface area (Å²) in [6, 6.07) is 15.4. The summed E-state index contributed by atoms with van der Waals surface area (Å²) in [4.78, 5) is 0. The fourth-order valence-corrected chi connectivity index (χ4v) is 2.81. The quantitative estimate of drug-likeness (QED) is 0.773. The Balaban J connectivity index is 2.02. The van der Waals surface area contributed by atoms with Crippen molar-refractivity contribution >= 4 is 27.5 Å². The van der Waals surface area contributed by atoms with Gasteiger partial charge in [-0.1, -0.05) is 51.8 Å². The third-order valence-corrected chi connectivity index (χ3v) is 4.24. The van der Waals surface area contributed by atoms with Gasteiger partial charge in [0, 0.05) is 10.4 Å². The van der Waals surface area contributed by atoms with E-state index in [1.165, 1.54) is 11.1 Å². The lowest BCUT2D eigenvalue weighted by molar-refractivity contribution is 0.474. The summed E-state index contributed by atoms with van der Waals surface area (Å²) in [5, 5.41) is 11.0. The summed E-state index contributed by atoms with van der Waals surface area (Å²) in [6.07, 6.45) is 1.98. The molecule has 0 aromatic heterocycles. The molecule has 2 rings (SSSR count). The second-order valence-electron chi connectivity index (χ2n) is 4.72. The van der Waals surface area contributed by atoms with Crippen LogP contribution in [0.3, 0.4) is 0 Å². The Morgan fingerprint density at radius 3 is 2.32 bits per heavy atom. The molecule has 0 heterocycles. The predicted molar refractivity (Wildman–Crippen MR) is 84.3 cm³/mol. The first-order valence-electron chi connectivity index (χ1n) is 6.25. The fraction of sp³-hybridized carbons (Fsp3) is 0.250. The van der Waals surface area contributed by atoms with E-state index in [4.69, 9.17) is 11.6 Å². The van der Waals surface area contributed by atoms with Crippen molar-refractivity contribution in [1.82, 2.24) is 0 Å². The number of hydrogen-bond donors (Lipinski definition) is 1. The molecule has 1 nitrogen and oxygen atoms in total. The second kappa shape index (κ2) is 6.97. The SMILES string of the molecule is Oc1ccc(CC(CBr)Cc2cccc(Cl)c2)cc1. The highest BCUT2D eigenvalue weighted by Crippen LogP contribution is 2.20. The van der Waals surface area contributed by atoms with Crippen molar-refractivity contribution < 1.29 is 5.11 Å². The number of aromatic hydroxyl groups is 1. The van der Waals surface area contributed by atoms with Crippen LogP contribution in [0.25, 0.3) is 0 Å². The van der Waals surface area contributed by atoms with Gasteiger partial charge in [0.1, 0.15) is 5.75 Å². The van der Waals surface area contributed by atoms with E-state index in [0.29, 0.717) is 11.7 Å². The highest BCUT2D eigenvalue weighted by Gasteiger charge is 2.10. The molecule has 0 amide bonds. The van der Waals surface area contributed by atoms with E-state index in [-0.39, 0.29) is 0 Å². The number of hydrogen-bond acceptors (Lipinski definition) is 1. The summed E-state index contributed by atoms with van der Waals surface area (Å²) >= 11 is 9.59. The van der Waals surface area contributed by atoms with E-state index in [1.807, 2.05) is 30.3 Å². The average Bonchev–Trinajstić information content (AvgIpc) is 2.40. The van der Waals surface area contributed by atoms with Crippen molar-refractivity contribution in [3.05, 3.63) is 64.7 Å². The third kappa shape index (κ3) is 4.55. The van der Waals surface area contributed by atoms with Crippen molar-refractivity contribution in [2.75, 3.05) is 5.33 Å². The van der Waals surface area contributed by atoms with Gasteiger partial charge in [0.2, 0.25) is 0 Å². The minimum absolute atomic E-state index is 0.314. The zero-order valence-corrected chi connectivity index (χ0v) is 12.9. The first-order valence-corrected chi connectivity index (χ1v) is 7.75. The molecule has 1 atom stereocenters. The van der Waals surface area contributed by atoms with Gasteiger partial charge in [-0.25, -0.2) is 0 Å². The van der Waals surface area contributed by atoms with Crippen LogP contribution in [0.2, 0.25) is 5.02 Å². The normalized spacial score (nSPS) is 12.3. The van der Waals surface area contributed by atoms with Crippen LogP contribution in [-0.4, -0.2) is 10.4 Å². The molecular weight excluding hydrogens is 324 g/mol. The molecule has 0 spiro atoms. The Morgan fingerprint density at radius 1 is 1.00 bits per heavy atom. The number of halogens is 2. The largest absolute Gasteiger partial charge is 0.508 e. The Labute approximate surface area is 127 Å². The summed E-state index contributed by atoms with van der Waals surface area (Å²) in [7, 11) is 0. The van der Waals surface area contributed by atoms with E-state index >= 15 is 0 Å². The van der Waals surface area contributed by atoms with Gasteiger partial charge in [-0.05, 0) is 54.2 Å². The van der Waals surface area contributed by atoms with Crippen LogP contribution in [0.15, 0.2) is 48.5 Å². The van der Waals surface area contributed by atoms with Crippen LogP contribution in [0, 0.1) is 5.92 Å². The van der Waals surface area contributed by atoms with Gasteiger partial charge in [0.05, 0.1) is 0 Å². The van der Waals surface area contributed by atoms with Crippen LogP contribution < -0.4 is 0 Å². The minimum Gasteiger partial charge on any atom is -0.508 e. The van der Waals surface area contributed by atoms with Gasteiger partial charge in [0.15, 0.2) is 0 Å². The molecule has 0 bridgehead atoms. The zero-order chi connectivity index (χ0) is 13.7. The van der Waals surface area contributed by atoms with Crippen LogP contribution in [-0.2, 0) is 12.8 Å². The maximum atomic E-state index is 9.29. The number of phenolic OH excluding ortho intramolecular Hbond substituents is 1. The fourth-order valence-electron chi connectivity index (χ4n) is 2.14. The Hall–Kier alpha value is -0.990. The molecule has 2 aromatic rings. The molecule has 0 aliphatic carbocycles. The Kier molecular flexibility index (Phi) is 5.29. The van der Waals surface area contributed by atoms with Crippen LogP contribution in [0.1, 0.15) is 11.1 Å². The van der Waals surface area contributed by atoms with E-state index in [0.717, 1.165) is 23.2 Å². The molecule has 100 valence electrons. The van der Waals surface area contributed by atoms with E-state index < -0.39 is 0 Å². The van der Waals surface area contributed by atoms with Gasteiger partial charge in [-0.15, -0.1) is 0 Å². The van der Waals surface area contributed by atoms with E-state index in [2.05, 4.69) is 22.0 Å². The molecule has 0 radical (unpaired) electrons. The topological polar surface area (TPSA) is 20.2 Å². The highest BCUT2D eigenvalue weighted by atomic mass is 79.9. The van der Waals surface area contributed by atoms with Crippen LogP contribution in [0.4, 0.5) is 0 Å². The van der Waals surface area contributed by atoms with E-state index in [9.17, 15) is 5.11 Å². The Bertz CT molecular complexity index is 525. The van der Waals surface area contributed by atoms with Crippen molar-refractivity contribution in [2.45, 2.75) is 12.8 Å². The lowest BCUT2D eigenvalue weighted by atomic mass is 9.94. The van der Waals surface area contributed by atoms with Crippen molar-refractivity contribution in [1.29, 1.82) is 0 Å². The summed E-state index contributed by atoms with van der Waals surface area (Å²) in [5.41, 5.74) is 2.50. The maximum Gasteiger partial charge on any atom is 0.115 e. The van der Waals surface area contributed by atoms with Gasteiger partial charge >= 0.3 is 0 Å².